The lowest BCUT2D eigenvalue weighted by Gasteiger charge is -2.10. The summed E-state index contributed by atoms with van der Waals surface area (Å²) in [5, 5.41) is 13.8. The van der Waals surface area contributed by atoms with Crippen molar-refractivity contribution < 1.29 is 9.90 Å². The van der Waals surface area contributed by atoms with Crippen LogP contribution in [0, 0.1) is 0 Å². The molecule has 0 radical (unpaired) electrons. The molecule has 2 rings (SSSR count). The molecular weight excluding hydrogens is 264 g/mol. The van der Waals surface area contributed by atoms with E-state index in [1.807, 2.05) is 30.5 Å². The Kier molecular flexibility index (Phi) is 3.77. The summed E-state index contributed by atoms with van der Waals surface area (Å²) in [7, 11) is 1.65. The molecule has 3 N–H and O–H groups in total. The van der Waals surface area contributed by atoms with Crippen LogP contribution >= 0.6 is 11.8 Å². The fraction of sp³-hybridized carbons (Fsp3) is 0.167. The van der Waals surface area contributed by atoms with E-state index in [2.05, 4.69) is 5.10 Å². The molecule has 0 aliphatic heterocycles. The lowest BCUT2D eigenvalue weighted by molar-refractivity contribution is 0.201. The minimum atomic E-state index is -1.23. The number of nitrogens with two attached hydrogens (primary N) is 1. The number of nitrogens with zero attached hydrogens (tertiary/aromatic N) is 3. The summed E-state index contributed by atoms with van der Waals surface area (Å²) in [4.78, 5) is 12.0. The Balaban J connectivity index is 2.35. The summed E-state index contributed by atoms with van der Waals surface area (Å²) < 4.78 is 1.44. The normalized spacial score (nSPS) is 10.5. The minimum absolute atomic E-state index is 0.316. The van der Waals surface area contributed by atoms with E-state index in [0.717, 1.165) is 10.5 Å². The van der Waals surface area contributed by atoms with Crippen LogP contribution in [0.15, 0.2) is 35.2 Å². The van der Waals surface area contributed by atoms with Crippen molar-refractivity contribution >= 4 is 23.7 Å². The minimum Gasteiger partial charge on any atom is -0.464 e. The van der Waals surface area contributed by atoms with Crippen molar-refractivity contribution in [1.82, 2.24) is 9.78 Å². The fourth-order valence-electron chi connectivity index (χ4n) is 1.68. The van der Waals surface area contributed by atoms with Gasteiger partial charge in [-0.15, -0.1) is 11.8 Å². The van der Waals surface area contributed by atoms with Crippen LogP contribution in [0.2, 0.25) is 0 Å². The third-order valence-corrected chi connectivity index (χ3v) is 3.44. The largest absolute Gasteiger partial charge is 0.464 e. The van der Waals surface area contributed by atoms with E-state index in [0.29, 0.717) is 16.5 Å². The summed E-state index contributed by atoms with van der Waals surface area (Å²) in [6, 6.07) is 9.51. The zero-order valence-electron chi connectivity index (χ0n) is 10.6. The van der Waals surface area contributed by atoms with E-state index in [1.54, 1.807) is 24.9 Å². The molecule has 1 aromatic carbocycles. The Morgan fingerprint density at radius 2 is 2.05 bits per heavy atom. The third-order valence-electron chi connectivity index (χ3n) is 2.69. The van der Waals surface area contributed by atoms with Gasteiger partial charge in [-0.3, -0.25) is 4.68 Å². The molecule has 0 aliphatic carbocycles. The standard InChI is InChI=1S/C12H14N4O2S/c1-15-11(16(13)12(17)18)7-10(14-15)8-3-5-9(19-2)6-4-8/h3-7H,13H2,1-2H3,(H,17,18). The molecule has 19 heavy (non-hydrogen) atoms. The monoisotopic (exact) mass is 278 g/mol. The molecule has 100 valence electrons. The lowest BCUT2D eigenvalue weighted by atomic mass is 10.1. The lowest BCUT2D eigenvalue weighted by Crippen LogP contribution is -2.37. The predicted molar refractivity (Wildman–Crippen MR) is 75.1 cm³/mol. The molecule has 0 saturated heterocycles. The first-order valence-electron chi connectivity index (χ1n) is 5.49. The van der Waals surface area contributed by atoms with Gasteiger partial charge in [-0.25, -0.2) is 10.6 Å². The molecule has 0 unspecified atom stereocenters. The van der Waals surface area contributed by atoms with Crippen LogP contribution in [-0.4, -0.2) is 27.2 Å². The van der Waals surface area contributed by atoms with E-state index >= 15 is 0 Å². The zero-order chi connectivity index (χ0) is 14.0. The predicted octanol–water partition coefficient (Wildman–Crippen LogP) is 2.17. The molecule has 0 aliphatic rings. The van der Waals surface area contributed by atoms with Gasteiger partial charge in [0.05, 0.1) is 5.69 Å². The van der Waals surface area contributed by atoms with Gasteiger partial charge >= 0.3 is 6.09 Å². The van der Waals surface area contributed by atoms with E-state index in [-0.39, 0.29) is 0 Å². The van der Waals surface area contributed by atoms with Crippen LogP contribution < -0.4 is 10.9 Å². The number of hydrogen-bond acceptors (Lipinski definition) is 4. The number of hydrogen-bond donors (Lipinski definition) is 2. The fourth-order valence-corrected chi connectivity index (χ4v) is 2.09. The molecule has 0 atom stereocenters. The summed E-state index contributed by atoms with van der Waals surface area (Å²) in [5.41, 5.74) is 1.60. The van der Waals surface area contributed by atoms with Crippen LogP contribution in [-0.2, 0) is 7.05 Å². The van der Waals surface area contributed by atoms with Crippen LogP contribution in [0.4, 0.5) is 10.6 Å². The van der Waals surface area contributed by atoms with E-state index < -0.39 is 6.09 Å². The molecule has 1 amide bonds. The van der Waals surface area contributed by atoms with Crippen LogP contribution in [0.3, 0.4) is 0 Å². The molecule has 7 heteroatoms. The first-order chi connectivity index (χ1) is 9.02. The van der Waals surface area contributed by atoms with E-state index in [1.165, 1.54) is 4.68 Å². The van der Waals surface area contributed by atoms with E-state index in [9.17, 15) is 4.79 Å². The van der Waals surface area contributed by atoms with E-state index in [4.69, 9.17) is 10.9 Å². The maximum Gasteiger partial charge on any atom is 0.427 e. The summed E-state index contributed by atoms with van der Waals surface area (Å²) >= 11 is 1.66. The molecule has 0 saturated carbocycles. The maximum atomic E-state index is 10.8. The zero-order valence-corrected chi connectivity index (χ0v) is 11.4. The summed E-state index contributed by atoms with van der Waals surface area (Å²) in [6.07, 6.45) is 0.778. The van der Waals surface area contributed by atoms with Crippen molar-refractivity contribution in [3.05, 3.63) is 30.3 Å². The first kappa shape index (κ1) is 13.4. The Hall–Kier alpha value is -1.99. The highest BCUT2D eigenvalue weighted by Gasteiger charge is 2.16. The molecule has 1 heterocycles. The Morgan fingerprint density at radius 3 is 2.58 bits per heavy atom. The van der Waals surface area contributed by atoms with Crippen LogP contribution in [0.1, 0.15) is 0 Å². The number of aromatic nitrogens is 2. The second-order valence-corrected chi connectivity index (χ2v) is 4.77. The van der Waals surface area contributed by atoms with Gasteiger partial charge in [-0.1, -0.05) is 12.1 Å². The molecule has 0 spiro atoms. The Bertz CT molecular complexity index is 594. The van der Waals surface area contributed by atoms with Gasteiger partial charge in [0.2, 0.25) is 0 Å². The molecule has 6 nitrogen and oxygen atoms in total. The molecule has 1 aromatic heterocycles. The van der Waals surface area contributed by atoms with Gasteiger partial charge in [-0.05, 0) is 18.4 Å². The van der Waals surface area contributed by atoms with Crippen molar-refractivity contribution in [2.75, 3.05) is 11.3 Å². The average Bonchev–Trinajstić information content (AvgIpc) is 2.80. The average molecular weight is 278 g/mol. The van der Waals surface area contributed by atoms with Crippen molar-refractivity contribution in [2.24, 2.45) is 12.9 Å². The van der Waals surface area contributed by atoms with Crippen molar-refractivity contribution in [2.45, 2.75) is 4.90 Å². The number of rotatable bonds is 3. The number of carboxylic acid groups (broad SMARTS) is 1. The van der Waals surface area contributed by atoms with Crippen molar-refractivity contribution in [1.29, 1.82) is 0 Å². The van der Waals surface area contributed by atoms with Crippen LogP contribution in [0.25, 0.3) is 11.3 Å². The number of thioether (sulfide) groups is 1. The highest BCUT2D eigenvalue weighted by Crippen LogP contribution is 2.25. The van der Waals surface area contributed by atoms with Gasteiger partial charge in [0.1, 0.15) is 0 Å². The van der Waals surface area contributed by atoms with Gasteiger partial charge in [0.15, 0.2) is 5.82 Å². The van der Waals surface area contributed by atoms with Gasteiger partial charge < -0.3 is 5.11 Å². The number of anilines is 1. The van der Waals surface area contributed by atoms with Gasteiger partial charge in [-0.2, -0.15) is 10.1 Å². The molecule has 0 fully saturated rings. The highest BCUT2D eigenvalue weighted by molar-refractivity contribution is 7.98. The number of amides is 1. The Morgan fingerprint density at radius 1 is 1.42 bits per heavy atom. The highest BCUT2D eigenvalue weighted by atomic mass is 32.2. The van der Waals surface area contributed by atoms with Crippen molar-refractivity contribution in [3.8, 4) is 11.3 Å². The maximum absolute atomic E-state index is 10.8. The summed E-state index contributed by atoms with van der Waals surface area (Å²) in [6.45, 7) is 0. The summed E-state index contributed by atoms with van der Waals surface area (Å²) in [5.74, 6) is 5.76. The van der Waals surface area contributed by atoms with Gasteiger partial charge in [0, 0.05) is 23.6 Å². The molecular formula is C12H14N4O2S. The quantitative estimate of drug-likeness (QED) is 0.389. The number of hydrazine groups is 1. The van der Waals surface area contributed by atoms with Crippen LogP contribution in [0.5, 0.6) is 0 Å². The third kappa shape index (κ3) is 2.72. The topological polar surface area (TPSA) is 84.4 Å². The first-order valence-corrected chi connectivity index (χ1v) is 6.71. The number of benzene rings is 1. The Labute approximate surface area is 114 Å². The van der Waals surface area contributed by atoms with Gasteiger partial charge in [0.25, 0.3) is 0 Å². The smallest absolute Gasteiger partial charge is 0.427 e. The second-order valence-electron chi connectivity index (χ2n) is 3.89. The molecule has 0 bridgehead atoms. The number of aryl methyl sites for hydroxylation is 1. The number of carbonyl (C=O) groups is 1. The second kappa shape index (κ2) is 5.33. The van der Waals surface area contributed by atoms with Crippen molar-refractivity contribution in [3.63, 3.8) is 0 Å². The SMILES string of the molecule is CSc1ccc(-c2cc(N(N)C(=O)O)n(C)n2)cc1. The molecule has 2 aromatic rings.